The van der Waals surface area contributed by atoms with Gasteiger partial charge in [-0.05, 0) is 25.7 Å². The maximum atomic E-state index is 11.8. The monoisotopic (exact) mass is 263 g/mol. The van der Waals surface area contributed by atoms with Crippen LogP contribution in [-0.2, 0) is 4.79 Å². The number of carboxylic acids is 1. The van der Waals surface area contributed by atoms with E-state index in [0.717, 1.165) is 18.5 Å². The van der Waals surface area contributed by atoms with Gasteiger partial charge in [0.1, 0.15) is 5.69 Å². The fourth-order valence-corrected chi connectivity index (χ4v) is 2.43. The summed E-state index contributed by atoms with van der Waals surface area (Å²) >= 11 is 0. The third-order valence-electron chi connectivity index (χ3n) is 3.51. The standard InChI is InChI=1S/C13H17N3O3/c1-8-5-15-11(7-14-8)12(17)16-6-9-3-2-4-10(9)13(18)19/h5,7,9-10H,2-4,6H2,1H3,(H,16,17)(H,18,19). The summed E-state index contributed by atoms with van der Waals surface area (Å²) in [6, 6.07) is 0. The van der Waals surface area contributed by atoms with E-state index < -0.39 is 5.97 Å². The molecule has 19 heavy (non-hydrogen) atoms. The van der Waals surface area contributed by atoms with Crippen LogP contribution in [0.4, 0.5) is 0 Å². The molecular weight excluding hydrogens is 246 g/mol. The van der Waals surface area contributed by atoms with Crippen molar-refractivity contribution in [2.24, 2.45) is 11.8 Å². The first kappa shape index (κ1) is 13.5. The molecule has 2 unspecified atom stereocenters. The number of aliphatic carboxylic acids is 1. The summed E-state index contributed by atoms with van der Waals surface area (Å²) in [7, 11) is 0. The summed E-state index contributed by atoms with van der Waals surface area (Å²) in [5.74, 6) is -1.40. The highest BCUT2D eigenvalue weighted by Crippen LogP contribution is 2.31. The molecule has 2 N–H and O–H groups in total. The zero-order chi connectivity index (χ0) is 13.8. The second kappa shape index (κ2) is 5.77. The number of amides is 1. The Morgan fingerprint density at radius 2 is 2.16 bits per heavy atom. The smallest absolute Gasteiger partial charge is 0.306 e. The van der Waals surface area contributed by atoms with Crippen LogP contribution in [0, 0.1) is 18.8 Å². The second-order valence-corrected chi connectivity index (χ2v) is 4.89. The van der Waals surface area contributed by atoms with Gasteiger partial charge in [-0.15, -0.1) is 0 Å². The number of carbonyl (C=O) groups is 2. The summed E-state index contributed by atoms with van der Waals surface area (Å²) in [6.07, 6.45) is 5.40. The minimum absolute atomic E-state index is 0.0138. The van der Waals surface area contributed by atoms with Crippen molar-refractivity contribution in [1.29, 1.82) is 0 Å². The molecule has 1 aromatic rings. The molecule has 0 aliphatic heterocycles. The first-order chi connectivity index (χ1) is 9.08. The highest BCUT2D eigenvalue weighted by atomic mass is 16.4. The minimum atomic E-state index is -0.771. The lowest BCUT2D eigenvalue weighted by Crippen LogP contribution is -2.33. The average Bonchev–Trinajstić information content (AvgIpc) is 2.85. The number of nitrogens with zero attached hydrogens (tertiary/aromatic N) is 2. The Balaban J connectivity index is 1.90. The number of carboxylic acid groups (broad SMARTS) is 1. The molecule has 0 aromatic carbocycles. The van der Waals surface area contributed by atoms with Crippen molar-refractivity contribution in [2.75, 3.05) is 6.54 Å². The van der Waals surface area contributed by atoms with Crippen molar-refractivity contribution >= 4 is 11.9 Å². The lowest BCUT2D eigenvalue weighted by Gasteiger charge is -2.16. The molecule has 0 radical (unpaired) electrons. The van der Waals surface area contributed by atoms with Gasteiger partial charge in [-0.3, -0.25) is 14.6 Å². The third-order valence-corrected chi connectivity index (χ3v) is 3.51. The zero-order valence-corrected chi connectivity index (χ0v) is 10.8. The van der Waals surface area contributed by atoms with Gasteiger partial charge in [0.25, 0.3) is 5.91 Å². The number of carbonyl (C=O) groups excluding carboxylic acids is 1. The van der Waals surface area contributed by atoms with E-state index in [1.54, 1.807) is 6.92 Å². The summed E-state index contributed by atoms with van der Waals surface area (Å²) in [5, 5.41) is 11.8. The molecule has 1 aliphatic rings. The van der Waals surface area contributed by atoms with Crippen molar-refractivity contribution in [3.8, 4) is 0 Å². The Hall–Kier alpha value is -1.98. The van der Waals surface area contributed by atoms with Gasteiger partial charge in [-0.25, -0.2) is 4.98 Å². The van der Waals surface area contributed by atoms with E-state index in [-0.39, 0.29) is 23.4 Å². The molecule has 0 spiro atoms. The molecule has 1 heterocycles. The van der Waals surface area contributed by atoms with Gasteiger partial charge in [-0.1, -0.05) is 6.42 Å². The first-order valence-corrected chi connectivity index (χ1v) is 6.37. The SMILES string of the molecule is Cc1cnc(C(=O)NCC2CCCC2C(=O)O)cn1. The Morgan fingerprint density at radius 3 is 2.79 bits per heavy atom. The molecule has 1 aromatic heterocycles. The van der Waals surface area contributed by atoms with Crippen molar-refractivity contribution in [3.63, 3.8) is 0 Å². The maximum absolute atomic E-state index is 11.8. The van der Waals surface area contributed by atoms with Crippen LogP contribution in [0.15, 0.2) is 12.4 Å². The molecule has 6 heteroatoms. The molecule has 1 saturated carbocycles. The minimum Gasteiger partial charge on any atom is -0.481 e. The van der Waals surface area contributed by atoms with Gasteiger partial charge in [0.15, 0.2) is 0 Å². The number of aryl methyl sites for hydroxylation is 1. The summed E-state index contributed by atoms with van der Waals surface area (Å²) in [4.78, 5) is 30.8. The highest BCUT2D eigenvalue weighted by molar-refractivity contribution is 5.91. The van der Waals surface area contributed by atoms with Crippen LogP contribution < -0.4 is 5.32 Å². The number of hydrogen-bond acceptors (Lipinski definition) is 4. The number of nitrogens with one attached hydrogen (secondary N) is 1. The van der Waals surface area contributed by atoms with E-state index >= 15 is 0 Å². The van der Waals surface area contributed by atoms with Crippen LogP contribution >= 0.6 is 0 Å². The zero-order valence-electron chi connectivity index (χ0n) is 10.8. The molecule has 2 rings (SSSR count). The van der Waals surface area contributed by atoms with Gasteiger partial charge in [0.2, 0.25) is 0 Å². The largest absolute Gasteiger partial charge is 0.481 e. The van der Waals surface area contributed by atoms with Gasteiger partial charge < -0.3 is 10.4 Å². The number of hydrogen-bond donors (Lipinski definition) is 2. The van der Waals surface area contributed by atoms with Crippen molar-refractivity contribution in [1.82, 2.24) is 15.3 Å². The molecule has 1 amide bonds. The Kier molecular flexibility index (Phi) is 4.09. The normalized spacial score (nSPS) is 22.2. The molecule has 0 bridgehead atoms. The van der Waals surface area contributed by atoms with E-state index in [0.29, 0.717) is 13.0 Å². The molecule has 102 valence electrons. The van der Waals surface area contributed by atoms with E-state index in [1.165, 1.54) is 12.4 Å². The second-order valence-electron chi connectivity index (χ2n) is 4.89. The van der Waals surface area contributed by atoms with Crippen LogP contribution in [0.2, 0.25) is 0 Å². The van der Waals surface area contributed by atoms with Gasteiger partial charge >= 0.3 is 5.97 Å². The third kappa shape index (κ3) is 3.27. The van der Waals surface area contributed by atoms with Gasteiger partial charge in [0, 0.05) is 12.7 Å². The van der Waals surface area contributed by atoms with E-state index in [9.17, 15) is 9.59 Å². The predicted molar refractivity (Wildman–Crippen MR) is 67.6 cm³/mol. The lowest BCUT2D eigenvalue weighted by molar-refractivity contribution is -0.142. The van der Waals surface area contributed by atoms with Crippen molar-refractivity contribution < 1.29 is 14.7 Å². The molecule has 6 nitrogen and oxygen atoms in total. The molecule has 1 fully saturated rings. The van der Waals surface area contributed by atoms with Crippen molar-refractivity contribution in [3.05, 3.63) is 23.8 Å². The van der Waals surface area contributed by atoms with Gasteiger partial charge in [0.05, 0.1) is 17.8 Å². The topological polar surface area (TPSA) is 92.2 Å². The van der Waals surface area contributed by atoms with Crippen LogP contribution in [0.1, 0.15) is 35.4 Å². The summed E-state index contributed by atoms with van der Waals surface area (Å²) in [5.41, 5.74) is 1.01. The fraction of sp³-hybridized carbons (Fsp3) is 0.538. The van der Waals surface area contributed by atoms with Crippen LogP contribution in [0.25, 0.3) is 0 Å². The summed E-state index contributed by atoms with van der Waals surface area (Å²) < 4.78 is 0. The molecular formula is C13H17N3O3. The predicted octanol–water partition coefficient (Wildman–Crippen LogP) is 1.02. The Labute approximate surface area is 111 Å². The Morgan fingerprint density at radius 1 is 1.37 bits per heavy atom. The molecule has 0 saturated heterocycles. The number of aromatic nitrogens is 2. The summed E-state index contributed by atoms with van der Waals surface area (Å²) in [6.45, 7) is 2.18. The quantitative estimate of drug-likeness (QED) is 0.846. The fourth-order valence-electron chi connectivity index (χ4n) is 2.43. The molecule has 1 aliphatic carbocycles. The van der Waals surface area contributed by atoms with Crippen molar-refractivity contribution in [2.45, 2.75) is 26.2 Å². The van der Waals surface area contributed by atoms with Crippen LogP contribution in [0.5, 0.6) is 0 Å². The van der Waals surface area contributed by atoms with E-state index in [2.05, 4.69) is 15.3 Å². The maximum Gasteiger partial charge on any atom is 0.306 e. The van der Waals surface area contributed by atoms with E-state index in [1.807, 2.05) is 0 Å². The highest BCUT2D eigenvalue weighted by Gasteiger charge is 2.32. The van der Waals surface area contributed by atoms with Gasteiger partial charge in [-0.2, -0.15) is 0 Å². The van der Waals surface area contributed by atoms with Crippen LogP contribution in [0.3, 0.4) is 0 Å². The van der Waals surface area contributed by atoms with Crippen LogP contribution in [-0.4, -0.2) is 33.5 Å². The average molecular weight is 263 g/mol. The first-order valence-electron chi connectivity index (χ1n) is 6.37. The Bertz CT molecular complexity index is 473. The lowest BCUT2D eigenvalue weighted by atomic mass is 9.96. The number of rotatable bonds is 4. The van der Waals surface area contributed by atoms with E-state index in [4.69, 9.17) is 5.11 Å². The molecule has 2 atom stereocenters.